The molecule has 1 atom stereocenters. The Labute approximate surface area is 140 Å². The van der Waals surface area contributed by atoms with Crippen LogP contribution in [0.5, 0.6) is 0 Å². The van der Waals surface area contributed by atoms with Gasteiger partial charge in [-0.1, -0.05) is 58.1 Å². The molecule has 1 fully saturated rings. The summed E-state index contributed by atoms with van der Waals surface area (Å²) < 4.78 is 6.54. The molecular weight excluding hydrogens is 338 g/mol. The predicted octanol–water partition coefficient (Wildman–Crippen LogP) is 3.87. The summed E-state index contributed by atoms with van der Waals surface area (Å²) in [6, 6.07) is 18.7. The molecule has 0 amide bonds. The fourth-order valence-electron chi connectivity index (χ4n) is 2.54. The Morgan fingerprint density at radius 1 is 0.955 bits per heavy atom. The number of morpholine rings is 1. The molecular formula is C19H18BrNO. The molecule has 0 spiro atoms. The topological polar surface area (TPSA) is 12.5 Å². The fourth-order valence-corrected chi connectivity index (χ4v) is 2.81. The van der Waals surface area contributed by atoms with Crippen molar-refractivity contribution in [2.45, 2.75) is 6.04 Å². The van der Waals surface area contributed by atoms with Crippen molar-refractivity contribution < 1.29 is 4.74 Å². The minimum atomic E-state index is 0.119. The van der Waals surface area contributed by atoms with Crippen molar-refractivity contribution in [3.8, 4) is 11.8 Å². The lowest BCUT2D eigenvalue weighted by molar-refractivity contribution is 0.0270. The molecule has 0 aliphatic carbocycles. The average Bonchev–Trinajstić information content (AvgIpc) is 2.59. The van der Waals surface area contributed by atoms with Gasteiger partial charge in [-0.3, -0.25) is 4.90 Å². The van der Waals surface area contributed by atoms with Gasteiger partial charge in [0.1, 0.15) is 0 Å². The van der Waals surface area contributed by atoms with E-state index in [1.807, 2.05) is 30.3 Å². The van der Waals surface area contributed by atoms with Gasteiger partial charge in [-0.2, -0.15) is 0 Å². The van der Waals surface area contributed by atoms with E-state index >= 15 is 0 Å². The van der Waals surface area contributed by atoms with E-state index in [-0.39, 0.29) is 6.04 Å². The Morgan fingerprint density at radius 2 is 1.64 bits per heavy atom. The van der Waals surface area contributed by atoms with Crippen LogP contribution >= 0.6 is 15.9 Å². The molecule has 1 aliphatic rings. The van der Waals surface area contributed by atoms with Gasteiger partial charge in [0.2, 0.25) is 0 Å². The van der Waals surface area contributed by atoms with Crippen molar-refractivity contribution >= 4 is 15.9 Å². The molecule has 0 radical (unpaired) electrons. The lowest BCUT2D eigenvalue weighted by Crippen LogP contribution is -2.38. The molecule has 1 unspecified atom stereocenters. The van der Waals surface area contributed by atoms with Gasteiger partial charge in [0.15, 0.2) is 0 Å². The molecule has 2 aromatic carbocycles. The molecule has 1 saturated heterocycles. The van der Waals surface area contributed by atoms with Gasteiger partial charge in [0, 0.05) is 23.1 Å². The first kappa shape index (κ1) is 15.3. The van der Waals surface area contributed by atoms with E-state index in [1.54, 1.807) is 0 Å². The third-order valence-electron chi connectivity index (χ3n) is 3.72. The maximum absolute atomic E-state index is 5.47. The van der Waals surface area contributed by atoms with Gasteiger partial charge >= 0.3 is 0 Å². The van der Waals surface area contributed by atoms with Crippen molar-refractivity contribution in [3.63, 3.8) is 0 Å². The van der Waals surface area contributed by atoms with Crippen LogP contribution in [-0.4, -0.2) is 31.2 Å². The molecule has 2 nitrogen and oxygen atoms in total. The summed E-state index contributed by atoms with van der Waals surface area (Å²) in [6.07, 6.45) is 0. The third kappa shape index (κ3) is 3.98. The summed E-state index contributed by atoms with van der Waals surface area (Å²) in [4.78, 5) is 2.39. The molecule has 22 heavy (non-hydrogen) atoms. The van der Waals surface area contributed by atoms with E-state index in [1.165, 1.54) is 5.56 Å². The molecule has 0 saturated carbocycles. The van der Waals surface area contributed by atoms with E-state index in [2.05, 4.69) is 56.9 Å². The van der Waals surface area contributed by atoms with Crippen LogP contribution in [0.4, 0.5) is 0 Å². The summed E-state index contributed by atoms with van der Waals surface area (Å²) >= 11 is 3.45. The van der Waals surface area contributed by atoms with E-state index in [0.717, 1.165) is 36.3 Å². The van der Waals surface area contributed by atoms with Gasteiger partial charge < -0.3 is 4.74 Å². The van der Waals surface area contributed by atoms with Gasteiger partial charge in [-0.05, 0) is 29.8 Å². The van der Waals surface area contributed by atoms with Crippen LogP contribution in [0.2, 0.25) is 0 Å². The summed E-state index contributed by atoms with van der Waals surface area (Å²) in [5, 5.41) is 0. The second-order valence-corrected chi connectivity index (χ2v) is 6.15. The maximum atomic E-state index is 5.47. The Kier molecular flexibility index (Phi) is 5.29. The van der Waals surface area contributed by atoms with Crippen molar-refractivity contribution in [1.82, 2.24) is 4.90 Å². The fraction of sp³-hybridized carbons (Fsp3) is 0.263. The molecule has 1 heterocycles. The monoisotopic (exact) mass is 355 g/mol. The van der Waals surface area contributed by atoms with E-state index < -0.39 is 0 Å². The Morgan fingerprint density at radius 3 is 2.32 bits per heavy atom. The van der Waals surface area contributed by atoms with Crippen LogP contribution in [0.1, 0.15) is 17.2 Å². The normalized spacial score (nSPS) is 16.6. The SMILES string of the molecule is Brc1ccc(C#CC(c2ccccc2)N2CCOCC2)cc1. The second-order valence-electron chi connectivity index (χ2n) is 5.24. The lowest BCUT2D eigenvalue weighted by Gasteiger charge is -2.31. The Balaban J connectivity index is 1.87. The summed E-state index contributed by atoms with van der Waals surface area (Å²) in [7, 11) is 0. The van der Waals surface area contributed by atoms with Crippen LogP contribution in [0.25, 0.3) is 0 Å². The minimum absolute atomic E-state index is 0.119. The smallest absolute Gasteiger partial charge is 0.0976 e. The van der Waals surface area contributed by atoms with Crippen molar-refractivity contribution in [2.24, 2.45) is 0 Å². The predicted molar refractivity (Wildman–Crippen MR) is 92.6 cm³/mol. The molecule has 2 aromatic rings. The van der Waals surface area contributed by atoms with Crippen LogP contribution in [-0.2, 0) is 4.74 Å². The molecule has 0 bridgehead atoms. The molecule has 0 N–H and O–H groups in total. The average molecular weight is 356 g/mol. The highest BCUT2D eigenvalue weighted by atomic mass is 79.9. The first-order valence-electron chi connectivity index (χ1n) is 7.47. The van der Waals surface area contributed by atoms with Crippen LogP contribution < -0.4 is 0 Å². The minimum Gasteiger partial charge on any atom is -0.379 e. The van der Waals surface area contributed by atoms with Gasteiger partial charge in [0.05, 0.1) is 19.3 Å². The molecule has 0 aromatic heterocycles. The highest BCUT2D eigenvalue weighted by Crippen LogP contribution is 2.21. The van der Waals surface area contributed by atoms with Crippen LogP contribution in [0, 0.1) is 11.8 Å². The molecule has 3 heteroatoms. The molecule has 1 aliphatic heterocycles. The van der Waals surface area contributed by atoms with Crippen molar-refractivity contribution in [1.29, 1.82) is 0 Å². The standard InChI is InChI=1S/C19H18BrNO/c20-18-9-6-16(7-10-18)8-11-19(17-4-2-1-3-5-17)21-12-14-22-15-13-21/h1-7,9-10,19H,12-15H2. The number of halogens is 1. The number of hydrogen-bond donors (Lipinski definition) is 0. The second kappa shape index (κ2) is 7.60. The van der Waals surface area contributed by atoms with E-state index in [9.17, 15) is 0 Å². The van der Waals surface area contributed by atoms with E-state index in [0.29, 0.717) is 0 Å². The first-order chi connectivity index (χ1) is 10.8. The summed E-state index contributed by atoms with van der Waals surface area (Å²) in [5.41, 5.74) is 2.28. The van der Waals surface area contributed by atoms with Crippen LogP contribution in [0.3, 0.4) is 0 Å². The molecule has 3 rings (SSSR count). The Bertz CT molecular complexity index is 651. The maximum Gasteiger partial charge on any atom is 0.0976 e. The van der Waals surface area contributed by atoms with Gasteiger partial charge in [-0.25, -0.2) is 0 Å². The first-order valence-corrected chi connectivity index (χ1v) is 8.26. The number of nitrogens with zero attached hydrogens (tertiary/aromatic N) is 1. The van der Waals surface area contributed by atoms with E-state index in [4.69, 9.17) is 4.74 Å². The summed E-state index contributed by atoms with van der Waals surface area (Å²) in [6.45, 7) is 3.41. The van der Waals surface area contributed by atoms with Gasteiger partial charge in [0.25, 0.3) is 0 Å². The quantitative estimate of drug-likeness (QED) is 0.758. The largest absolute Gasteiger partial charge is 0.379 e. The van der Waals surface area contributed by atoms with Crippen molar-refractivity contribution in [2.75, 3.05) is 26.3 Å². The zero-order valence-electron chi connectivity index (χ0n) is 12.3. The zero-order chi connectivity index (χ0) is 15.2. The number of ether oxygens (including phenoxy) is 1. The van der Waals surface area contributed by atoms with Gasteiger partial charge in [-0.15, -0.1) is 0 Å². The highest BCUT2D eigenvalue weighted by molar-refractivity contribution is 9.10. The third-order valence-corrected chi connectivity index (χ3v) is 4.25. The zero-order valence-corrected chi connectivity index (χ0v) is 13.9. The van der Waals surface area contributed by atoms with Crippen LogP contribution in [0.15, 0.2) is 59.1 Å². The van der Waals surface area contributed by atoms with Crippen molar-refractivity contribution in [3.05, 3.63) is 70.2 Å². The number of hydrogen-bond acceptors (Lipinski definition) is 2. The number of rotatable bonds is 2. The highest BCUT2D eigenvalue weighted by Gasteiger charge is 2.20. The number of benzene rings is 2. The molecule has 112 valence electrons. The Hall–Kier alpha value is -1.60. The summed E-state index contributed by atoms with van der Waals surface area (Å²) in [5.74, 6) is 6.76. The lowest BCUT2D eigenvalue weighted by atomic mass is 10.0.